The summed E-state index contributed by atoms with van der Waals surface area (Å²) in [4.78, 5) is 11.7. The van der Waals surface area contributed by atoms with Crippen molar-refractivity contribution in [2.75, 3.05) is 13.1 Å². The normalized spacial score (nSPS) is 16.2. The van der Waals surface area contributed by atoms with Gasteiger partial charge in [0.15, 0.2) is 0 Å². The van der Waals surface area contributed by atoms with Gasteiger partial charge in [-0.1, -0.05) is 18.2 Å². The monoisotopic (exact) mass is 249 g/mol. The van der Waals surface area contributed by atoms with E-state index >= 15 is 0 Å². The first kappa shape index (κ1) is 12.7. The molecule has 5 heteroatoms. The van der Waals surface area contributed by atoms with Gasteiger partial charge in [-0.05, 0) is 32.0 Å². The summed E-state index contributed by atoms with van der Waals surface area (Å²) >= 11 is 0. The van der Waals surface area contributed by atoms with Gasteiger partial charge in [0.2, 0.25) is 0 Å². The van der Waals surface area contributed by atoms with Crippen molar-refractivity contribution in [3.63, 3.8) is 0 Å². The molecule has 1 heterocycles. The van der Waals surface area contributed by atoms with Crippen LogP contribution in [-0.2, 0) is 6.54 Å². The molecule has 0 unspecified atom stereocenters. The van der Waals surface area contributed by atoms with Crippen molar-refractivity contribution < 1.29 is 9.90 Å². The zero-order valence-electron chi connectivity index (χ0n) is 10.3. The second kappa shape index (κ2) is 6.26. The van der Waals surface area contributed by atoms with E-state index in [0.29, 0.717) is 6.54 Å². The number of piperidine rings is 1. The topological polar surface area (TPSA) is 73.4 Å². The third-order valence-electron chi connectivity index (χ3n) is 3.11. The lowest BCUT2D eigenvalue weighted by atomic mass is 10.1. The summed E-state index contributed by atoms with van der Waals surface area (Å²) in [5.41, 5.74) is 0.720. The zero-order chi connectivity index (χ0) is 12.8. The van der Waals surface area contributed by atoms with Crippen molar-refractivity contribution in [2.45, 2.75) is 25.4 Å². The number of hydrogen-bond donors (Lipinski definition) is 4. The lowest BCUT2D eigenvalue weighted by Gasteiger charge is -2.23. The van der Waals surface area contributed by atoms with Crippen LogP contribution in [0.2, 0.25) is 0 Å². The van der Waals surface area contributed by atoms with Crippen molar-refractivity contribution in [1.29, 1.82) is 0 Å². The van der Waals surface area contributed by atoms with Crippen LogP contribution in [0.3, 0.4) is 0 Å². The van der Waals surface area contributed by atoms with E-state index in [9.17, 15) is 9.90 Å². The van der Waals surface area contributed by atoms with E-state index in [1.807, 2.05) is 6.07 Å². The van der Waals surface area contributed by atoms with Crippen LogP contribution in [0.4, 0.5) is 4.79 Å². The summed E-state index contributed by atoms with van der Waals surface area (Å²) in [6.07, 6.45) is 1.92. The number of rotatable bonds is 3. The number of benzene rings is 1. The average molecular weight is 249 g/mol. The molecule has 0 spiro atoms. The molecule has 2 amide bonds. The molecule has 0 atom stereocenters. The third kappa shape index (κ3) is 3.63. The molecule has 1 aliphatic rings. The maximum atomic E-state index is 11.7. The van der Waals surface area contributed by atoms with Crippen LogP contribution < -0.4 is 16.0 Å². The van der Waals surface area contributed by atoms with Gasteiger partial charge in [0, 0.05) is 18.2 Å². The van der Waals surface area contributed by atoms with Crippen LogP contribution in [0.5, 0.6) is 5.75 Å². The molecule has 1 aromatic rings. The van der Waals surface area contributed by atoms with Gasteiger partial charge in [0.25, 0.3) is 0 Å². The number of carbonyl (C=O) groups is 1. The minimum absolute atomic E-state index is 0.176. The van der Waals surface area contributed by atoms with Crippen LogP contribution >= 0.6 is 0 Å². The number of urea groups is 1. The molecule has 0 bridgehead atoms. The summed E-state index contributed by atoms with van der Waals surface area (Å²) in [5, 5.41) is 18.5. The van der Waals surface area contributed by atoms with E-state index in [1.165, 1.54) is 0 Å². The number of aromatic hydroxyl groups is 1. The summed E-state index contributed by atoms with van der Waals surface area (Å²) in [6.45, 7) is 2.23. The largest absolute Gasteiger partial charge is 0.508 e. The molecule has 18 heavy (non-hydrogen) atoms. The Labute approximate surface area is 107 Å². The Kier molecular flexibility index (Phi) is 4.41. The highest BCUT2D eigenvalue weighted by molar-refractivity contribution is 5.74. The number of hydrogen-bond acceptors (Lipinski definition) is 3. The van der Waals surface area contributed by atoms with Crippen molar-refractivity contribution >= 4 is 6.03 Å². The molecule has 0 aliphatic carbocycles. The van der Waals surface area contributed by atoms with Gasteiger partial charge >= 0.3 is 6.03 Å². The Bertz CT molecular complexity index is 403. The lowest BCUT2D eigenvalue weighted by molar-refractivity contribution is 0.233. The first-order valence-electron chi connectivity index (χ1n) is 6.27. The number of nitrogens with one attached hydrogen (secondary N) is 3. The molecule has 0 saturated carbocycles. The molecule has 98 valence electrons. The first-order chi connectivity index (χ1) is 8.75. The second-order valence-electron chi connectivity index (χ2n) is 4.48. The van der Waals surface area contributed by atoms with Gasteiger partial charge in [-0.3, -0.25) is 0 Å². The molecule has 2 rings (SSSR count). The van der Waals surface area contributed by atoms with Crippen molar-refractivity contribution in [1.82, 2.24) is 16.0 Å². The summed E-state index contributed by atoms with van der Waals surface area (Å²) in [6, 6.07) is 7.07. The van der Waals surface area contributed by atoms with Gasteiger partial charge in [0.1, 0.15) is 5.75 Å². The minimum Gasteiger partial charge on any atom is -0.508 e. The highest BCUT2D eigenvalue weighted by Gasteiger charge is 2.14. The van der Waals surface area contributed by atoms with Gasteiger partial charge in [0.05, 0.1) is 0 Å². The Morgan fingerprint density at radius 3 is 2.78 bits per heavy atom. The fourth-order valence-electron chi connectivity index (χ4n) is 2.04. The number of para-hydroxylation sites is 1. The summed E-state index contributed by atoms with van der Waals surface area (Å²) in [7, 11) is 0. The predicted octanol–water partition coefficient (Wildman–Crippen LogP) is 0.943. The number of carbonyl (C=O) groups excluding carboxylic acids is 1. The van der Waals surface area contributed by atoms with Gasteiger partial charge < -0.3 is 21.1 Å². The van der Waals surface area contributed by atoms with Crippen LogP contribution in [-0.4, -0.2) is 30.3 Å². The molecular weight excluding hydrogens is 230 g/mol. The summed E-state index contributed by atoms with van der Waals surface area (Å²) < 4.78 is 0. The highest BCUT2D eigenvalue weighted by atomic mass is 16.3. The molecular formula is C13H19N3O2. The van der Waals surface area contributed by atoms with E-state index in [-0.39, 0.29) is 17.8 Å². The fourth-order valence-corrected chi connectivity index (χ4v) is 2.04. The van der Waals surface area contributed by atoms with Crippen LogP contribution in [0.15, 0.2) is 24.3 Å². The van der Waals surface area contributed by atoms with Crippen LogP contribution in [0.25, 0.3) is 0 Å². The maximum absolute atomic E-state index is 11.7. The number of phenolic OH excluding ortho intramolecular Hbond substituents is 1. The molecule has 0 aromatic heterocycles. The standard InChI is InChI=1S/C13H19N3O2/c17-12-4-2-1-3-10(12)9-15-13(18)16-11-5-7-14-8-6-11/h1-4,11,14,17H,5-9H2,(H2,15,16,18). The van der Waals surface area contributed by atoms with Gasteiger partial charge in [-0.2, -0.15) is 0 Å². The second-order valence-corrected chi connectivity index (χ2v) is 4.48. The van der Waals surface area contributed by atoms with E-state index in [2.05, 4.69) is 16.0 Å². The Morgan fingerprint density at radius 1 is 1.33 bits per heavy atom. The Morgan fingerprint density at radius 2 is 2.06 bits per heavy atom. The van der Waals surface area contributed by atoms with E-state index in [1.54, 1.807) is 18.2 Å². The van der Waals surface area contributed by atoms with E-state index in [4.69, 9.17) is 0 Å². The molecule has 1 aliphatic heterocycles. The maximum Gasteiger partial charge on any atom is 0.315 e. The lowest BCUT2D eigenvalue weighted by Crippen LogP contribution is -2.46. The van der Waals surface area contributed by atoms with Crippen molar-refractivity contribution in [3.8, 4) is 5.75 Å². The molecule has 4 N–H and O–H groups in total. The molecule has 5 nitrogen and oxygen atoms in total. The first-order valence-corrected chi connectivity index (χ1v) is 6.27. The minimum atomic E-state index is -0.176. The smallest absolute Gasteiger partial charge is 0.315 e. The number of amides is 2. The highest BCUT2D eigenvalue weighted by Crippen LogP contribution is 2.14. The SMILES string of the molecule is O=C(NCc1ccccc1O)NC1CCNCC1. The number of phenols is 1. The average Bonchev–Trinajstić information content (AvgIpc) is 2.39. The molecule has 1 fully saturated rings. The van der Waals surface area contributed by atoms with Gasteiger partial charge in [-0.25, -0.2) is 4.79 Å². The Hall–Kier alpha value is -1.75. The van der Waals surface area contributed by atoms with E-state index < -0.39 is 0 Å². The summed E-state index contributed by atoms with van der Waals surface area (Å²) in [5.74, 6) is 0.208. The van der Waals surface area contributed by atoms with Gasteiger partial charge in [-0.15, -0.1) is 0 Å². The Balaban J connectivity index is 1.76. The van der Waals surface area contributed by atoms with E-state index in [0.717, 1.165) is 31.5 Å². The van der Waals surface area contributed by atoms with Crippen LogP contribution in [0, 0.1) is 0 Å². The van der Waals surface area contributed by atoms with Crippen molar-refractivity contribution in [2.24, 2.45) is 0 Å². The van der Waals surface area contributed by atoms with Crippen molar-refractivity contribution in [3.05, 3.63) is 29.8 Å². The molecule has 1 aromatic carbocycles. The zero-order valence-corrected chi connectivity index (χ0v) is 10.3. The molecule has 1 saturated heterocycles. The third-order valence-corrected chi connectivity index (χ3v) is 3.11. The predicted molar refractivity (Wildman–Crippen MR) is 69.4 cm³/mol. The van der Waals surface area contributed by atoms with Crippen LogP contribution in [0.1, 0.15) is 18.4 Å². The quantitative estimate of drug-likeness (QED) is 0.644. The fraction of sp³-hybridized carbons (Fsp3) is 0.462. The molecule has 0 radical (unpaired) electrons.